The van der Waals surface area contributed by atoms with E-state index in [4.69, 9.17) is 8.83 Å². The van der Waals surface area contributed by atoms with Crippen LogP contribution in [0.15, 0.2) is 57.4 Å². The number of oxazole rings is 1. The van der Waals surface area contributed by atoms with Gasteiger partial charge in [0.1, 0.15) is 5.52 Å². The minimum absolute atomic E-state index is 0.135. The van der Waals surface area contributed by atoms with Gasteiger partial charge in [-0.05, 0) is 30.3 Å². The van der Waals surface area contributed by atoms with E-state index in [2.05, 4.69) is 20.5 Å². The predicted octanol–water partition coefficient (Wildman–Crippen LogP) is 3.76. The highest BCUT2D eigenvalue weighted by Crippen LogP contribution is 2.20. The van der Waals surface area contributed by atoms with Crippen LogP contribution in [0.2, 0.25) is 0 Å². The van der Waals surface area contributed by atoms with Crippen LogP contribution in [0.4, 0.5) is 5.69 Å². The van der Waals surface area contributed by atoms with Gasteiger partial charge in [0.05, 0.1) is 0 Å². The minimum Gasteiger partial charge on any atom is -0.441 e. The van der Waals surface area contributed by atoms with Crippen LogP contribution in [0.3, 0.4) is 0 Å². The molecule has 7 nitrogen and oxygen atoms in total. The number of amides is 1. The van der Waals surface area contributed by atoms with E-state index in [9.17, 15) is 4.79 Å². The number of carbonyl (C=O) groups is 1. The van der Waals surface area contributed by atoms with E-state index < -0.39 is 0 Å². The lowest BCUT2D eigenvalue weighted by Crippen LogP contribution is -2.12. The van der Waals surface area contributed by atoms with Crippen molar-refractivity contribution in [3.8, 4) is 11.5 Å². The summed E-state index contributed by atoms with van der Waals surface area (Å²) in [4.78, 5) is 16.4. The van der Waals surface area contributed by atoms with Crippen LogP contribution in [0.25, 0.3) is 22.6 Å². The van der Waals surface area contributed by atoms with Crippen LogP contribution < -0.4 is 5.32 Å². The van der Waals surface area contributed by atoms with Crippen molar-refractivity contribution in [3.63, 3.8) is 0 Å². The van der Waals surface area contributed by atoms with E-state index in [1.54, 1.807) is 25.1 Å². The van der Waals surface area contributed by atoms with Gasteiger partial charge in [-0.3, -0.25) is 4.79 Å². The largest absolute Gasteiger partial charge is 0.441 e. The first kappa shape index (κ1) is 16.0. The lowest BCUT2D eigenvalue weighted by molar-refractivity contribution is -0.116. The monoisotopic (exact) mass is 348 g/mol. The normalized spacial score (nSPS) is 11.0. The molecular weight excluding hydrogens is 332 g/mol. The third kappa shape index (κ3) is 3.46. The standard InChI is InChI=1S/C19H16N4O3/c1-12-20-15-11-14(7-8-16(15)25-12)21-17(24)9-10-18-22-23-19(26-18)13-5-3-2-4-6-13/h2-8,11H,9-10H2,1H3,(H,21,24). The fourth-order valence-electron chi connectivity index (χ4n) is 2.62. The van der Waals surface area contributed by atoms with Gasteiger partial charge < -0.3 is 14.2 Å². The summed E-state index contributed by atoms with van der Waals surface area (Å²) in [5.74, 6) is 1.34. The van der Waals surface area contributed by atoms with Gasteiger partial charge in [0, 0.05) is 31.0 Å². The zero-order chi connectivity index (χ0) is 17.9. The first-order valence-corrected chi connectivity index (χ1v) is 8.22. The fourth-order valence-corrected chi connectivity index (χ4v) is 2.62. The summed E-state index contributed by atoms with van der Waals surface area (Å²) in [6.45, 7) is 1.78. The maximum absolute atomic E-state index is 12.2. The highest BCUT2D eigenvalue weighted by Gasteiger charge is 2.11. The maximum Gasteiger partial charge on any atom is 0.247 e. The molecule has 2 heterocycles. The van der Waals surface area contributed by atoms with E-state index in [0.717, 1.165) is 5.56 Å². The van der Waals surface area contributed by atoms with Crippen molar-refractivity contribution in [2.75, 3.05) is 5.32 Å². The number of hydrogen-bond donors (Lipinski definition) is 1. The molecule has 0 fully saturated rings. The zero-order valence-corrected chi connectivity index (χ0v) is 14.1. The molecule has 0 unspecified atom stereocenters. The van der Waals surface area contributed by atoms with E-state index in [1.807, 2.05) is 30.3 Å². The van der Waals surface area contributed by atoms with Gasteiger partial charge in [0.15, 0.2) is 11.5 Å². The molecule has 0 radical (unpaired) electrons. The maximum atomic E-state index is 12.2. The highest BCUT2D eigenvalue weighted by atomic mass is 16.4. The van der Waals surface area contributed by atoms with Crippen molar-refractivity contribution in [3.05, 3.63) is 60.3 Å². The van der Waals surface area contributed by atoms with Gasteiger partial charge in [-0.1, -0.05) is 18.2 Å². The van der Waals surface area contributed by atoms with Crippen molar-refractivity contribution in [1.82, 2.24) is 15.2 Å². The zero-order valence-electron chi connectivity index (χ0n) is 14.1. The second kappa shape index (κ2) is 6.79. The minimum atomic E-state index is -0.135. The Bertz CT molecular complexity index is 1050. The Kier molecular flexibility index (Phi) is 4.18. The number of nitrogens with zero attached hydrogens (tertiary/aromatic N) is 3. The molecule has 1 amide bonds. The molecule has 0 saturated carbocycles. The van der Waals surface area contributed by atoms with Crippen LogP contribution in [0.5, 0.6) is 0 Å². The Balaban J connectivity index is 1.37. The molecule has 0 saturated heterocycles. The first-order chi connectivity index (χ1) is 12.7. The van der Waals surface area contributed by atoms with Crippen molar-refractivity contribution < 1.29 is 13.6 Å². The van der Waals surface area contributed by atoms with Gasteiger partial charge >= 0.3 is 0 Å². The topological polar surface area (TPSA) is 94.1 Å². The van der Waals surface area contributed by atoms with E-state index >= 15 is 0 Å². The molecule has 2 aromatic heterocycles. The van der Waals surface area contributed by atoms with Gasteiger partial charge in [-0.15, -0.1) is 10.2 Å². The summed E-state index contributed by atoms with van der Waals surface area (Å²) in [6.07, 6.45) is 0.614. The number of carbonyl (C=O) groups excluding carboxylic acids is 1. The fraction of sp³-hybridized carbons (Fsp3) is 0.158. The van der Waals surface area contributed by atoms with Crippen molar-refractivity contribution in [2.45, 2.75) is 19.8 Å². The lowest BCUT2D eigenvalue weighted by Gasteiger charge is -2.03. The Morgan fingerprint density at radius 3 is 2.77 bits per heavy atom. The van der Waals surface area contributed by atoms with Crippen LogP contribution >= 0.6 is 0 Å². The molecular formula is C19H16N4O3. The molecule has 0 aliphatic carbocycles. The second-order valence-corrected chi connectivity index (χ2v) is 5.83. The number of aromatic nitrogens is 3. The van der Waals surface area contributed by atoms with E-state index in [1.165, 1.54) is 0 Å². The van der Waals surface area contributed by atoms with Gasteiger partial charge in [0.2, 0.25) is 17.7 Å². The number of hydrogen-bond acceptors (Lipinski definition) is 6. The molecule has 26 heavy (non-hydrogen) atoms. The molecule has 7 heteroatoms. The smallest absolute Gasteiger partial charge is 0.247 e. The third-order valence-electron chi connectivity index (χ3n) is 3.83. The average molecular weight is 348 g/mol. The van der Waals surface area contributed by atoms with Crippen molar-refractivity contribution in [1.29, 1.82) is 0 Å². The second-order valence-electron chi connectivity index (χ2n) is 5.83. The molecule has 130 valence electrons. The average Bonchev–Trinajstić information content (AvgIpc) is 3.26. The van der Waals surface area contributed by atoms with Crippen molar-refractivity contribution in [2.24, 2.45) is 0 Å². The summed E-state index contributed by atoms with van der Waals surface area (Å²) < 4.78 is 11.0. The number of nitrogens with one attached hydrogen (secondary N) is 1. The summed E-state index contributed by atoms with van der Waals surface area (Å²) in [5, 5.41) is 10.9. The lowest BCUT2D eigenvalue weighted by atomic mass is 10.2. The molecule has 4 aromatic rings. The van der Waals surface area contributed by atoms with Gasteiger partial charge in [-0.25, -0.2) is 4.98 Å². The van der Waals surface area contributed by atoms with Crippen LogP contribution in [0, 0.1) is 6.92 Å². The Hall–Kier alpha value is -3.48. The van der Waals surface area contributed by atoms with Gasteiger partial charge in [-0.2, -0.15) is 0 Å². The molecule has 0 aliphatic rings. The number of anilines is 1. The quantitative estimate of drug-likeness (QED) is 0.590. The van der Waals surface area contributed by atoms with Crippen LogP contribution in [-0.4, -0.2) is 21.1 Å². The predicted molar refractivity (Wildman–Crippen MR) is 95.4 cm³/mol. The number of rotatable bonds is 5. The van der Waals surface area contributed by atoms with Crippen LogP contribution in [0.1, 0.15) is 18.2 Å². The molecule has 2 aromatic carbocycles. The highest BCUT2D eigenvalue weighted by molar-refractivity contribution is 5.92. The number of benzene rings is 2. The SMILES string of the molecule is Cc1nc2cc(NC(=O)CCc3nnc(-c4ccccc4)o3)ccc2o1. The molecule has 1 N–H and O–H groups in total. The summed E-state index contributed by atoms with van der Waals surface area (Å²) >= 11 is 0. The van der Waals surface area contributed by atoms with Gasteiger partial charge in [0.25, 0.3) is 0 Å². The Morgan fingerprint density at radius 1 is 1.08 bits per heavy atom. The Labute approximate surface area is 149 Å². The van der Waals surface area contributed by atoms with E-state index in [0.29, 0.717) is 40.9 Å². The summed E-state index contributed by atoms with van der Waals surface area (Å²) in [7, 11) is 0. The first-order valence-electron chi connectivity index (χ1n) is 8.22. The summed E-state index contributed by atoms with van der Waals surface area (Å²) in [5.41, 5.74) is 2.93. The Morgan fingerprint density at radius 2 is 1.92 bits per heavy atom. The molecule has 0 atom stereocenters. The molecule has 0 aliphatic heterocycles. The number of aryl methyl sites for hydroxylation is 2. The summed E-state index contributed by atoms with van der Waals surface area (Å²) in [6, 6.07) is 14.9. The molecule has 0 bridgehead atoms. The third-order valence-corrected chi connectivity index (χ3v) is 3.83. The molecule has 4 rings (SSSR count). The number of fused-ring (bicyclic) bond motifs is 1. The van der Waals surface area contributed by atoms with Crippen LogP contribution in [-0.2, 0) is 11.2 Å². The van der Waals surface area contributed by atoms with E-state index in [-0.39, 0.29) is 12.3 Å². The molecule has 0 spiro atoms. The van der Waals surface area contributed by atoms with Crippen molar-refractivity contribution >= 4 is 22.7 Å².